The van der Waals surface area contributed by atoms with Crippen molar-refractivity contribution < 1.29 is 143 Å². The molecule has 0 aromatic heterocycles. The number of hydrogen-bond donors (Lipinski definition) is 15. The van der Waals surface area contributed by atoms with E-state index in [0.717, 1.165) is 42.5 Å². The zero-order chi connectivity index (χ0) is 60.0. The average molecular weight is 1170 g/mol. The number of carboxylic acids is 1. The number of rotatable bonds is 19. The second-order valence-electron chi connectivity index (χ2n) is 19.1. The highest BCUT2D eigenvalue weighted by atomic mass is 16.8. The molecule has 0 saturated carbocycles. The van der Waals surface area contributed by atoms with Crippen LogP contribution in [0.1, 0.15) is 34.8 Å². The summed E-state index contributed by atoms with van der Waals surface area (Å²) in [7, 11) is 0. The molecular weight excluding hydrogens is 1110 g/mol. The molecule has 3 fully saturated rings. The van der Waals surface area contributed by atoms with Crippen LogP contribution in [0, 0.1) is 0 Å². The molecule has 8 rings (SSSR count). The van der Waals surface area contributed by atoms with Crippen molar-refractivity contribution in [3.63, 3.8) is 0 Å². The second kappa shape index (κ2) is 26.3. The quantitative estimate of drug-likeness (QED) is 0.0172. The van der Waals surface area contributed by atoms with E-state index in [1.54, 1.807) is 0 Å². The third kappa shape index (κ3) is 14.7. The summed E-state index contributed by atoms with van der Waals surface area (Å²) in [6.45, 7) is -2.48. The van der Waals surface area contributed by atoms with E-state index in [0.29, 0.717) is 11.1 Å². The molecule has 15 N–H and O–H groups in total. The number of carbonyl (C=O) groups is 4. The van der Waals surface area contributed by atoms with Gasteiger partial charge in [0.1, 0.15) is 128 Å². The SMILES string of the molecule is O=C(O)CC(=O)OCC1OC(Oc2cc(O)cc3c2C=C(OC2OC(COC(=O)C=Cc4ccc(O)cc4)C(O)C(O)C2OC2OC(COC(=O)C=Cc4ccc(O)cc4)C(O)C(O)C2O)C(c2cc(O)c(O)c(O)c2)O3)C(O)C(O)C1O. The lowest BCUT2D eigenvalue weighted by molar-refractivity contribution is -0.364. The summed E-state index contributed by atoms with van der Waals surface area (Å²) in [5, 5.41) is 160. The molecule has 4 aromatic rings. The summed E-state index contributed by atoms with van der Waals surface area (Å²) >= 11 is 0. The zero-order valence-corrected chi connectivity index (χ0v) is 42.8. The first-order valence-electron chi connectivity index (χ1n) is 25.0. The molecule has 29 heteroatoms. The summed E-state index contributed by atoms with van der Waals surface area (Å²) in [5.41, 5.74) is 0.477. The number of phenolic OH excluding ortho intramolecular Hbond substituents is 6. The summed E-state index contributed by atoms with van der Waals surface area (Å²) in [5.74, 6) is -9.57. The fourth-order valence-electron chi connectivity index (χ4n) is 8.72. The van der Waals surface area contributed by atoms with E-state index in [4.69, 9.17) is 52.5 Å². The summed E-state index contributed by atoms with van der Waals surface area (Å²) in [6, 6.07) is 15.1. The molecule has 0 bridgehead atoms. The molecule has 4 heterocycles. The van der Waals surface area contributed by atoms with Crippen molar-refractivity contribution in [2.24, 2.45) is 0 Å². The summed E-state index contributed by atoms with van der Waals surface area (Å²) in [6.07, 6.45) is -27.2. The Hall–Kier alpha value is -8.30. The highest BCUT2D eigenvalue weighted by molar-refractivity contribution is 5.90. The Balaban J connectivity index is 1.12. The van der Waals surface area contributed by atoms with Crippen LogP contribution in [0.15, 0.2) is 90.7 Å². The molecular formula is C54H56O29. The van der Waals surface area contributed by atoms with Gasteiger partial charge in [0.2, 0.25) is 12.6 Å². The first-order chi connectivity index (χ1) is 39.4. The summed E-state index contributed by atoms with van der Waals surface area (Å²) < 4.78 is 57.6. The Morgan fingerprint density at radius 1 is 0.518 bits per heavy atom. The van der Waals surface area contributed by atoms with Crippen LogP contribution in [0.4, 0.5) is 0 Å². The number of esters is 3. The van der Waals surface area contributed by atoms with Crippen molar-refractivity contribution in [3.8, 4) is 46.0 Å². The van der Waals surface area contributed by atoms with Crippen molar-refractivity contribution in [1.29, 1.82) is 0 Å². The maximum Gasteiger partial charge on any atom is 0.330 e. The van der Waals surface area contributed by atoms with Crippen molar-refractivity contribution in [2.45, 2.75) is 105 Å². The average Bonchev–Trinajstić information content (AvgIpc) is 2.88. The molecule has 4 aromatic carbocycles. The number of carbonyl (C=O) groups excluding carboxylic acids is 3. The van der Waals surface area contributed by atoms with E-state index in [-0.39, 0.29) is 28.4 Å². The predicted octanol–water partition coefficient (Wildman–Crippen LogP) is -1.23. The van der Waals surface area contributed by atoms with Gasteiger partial charge < -0.3 is 124 Å². The van der Waals surface area contributed by atoms with Gasteiger partial charge in [-0.3, -0.25) is 9.59 Å². The van der Waals surface area contributed by atoms with Crippen LogP contribution in [0.5, 0.6) is 46.0 Å². The number of aliphatic hydroxyl groups excluding tert-OH is 8. The summed E-state index contributed by atoms with van der Waals surface area (Å²) in [4.78, 5) is 48.8. The molecule has 83 heavy (non-hydrogen) atoms. The van der Waals surface area contributed by atoms with Crippen LogP contribution in [0.2, 0.25) is 0 Å². The first-order valence-corrected chi connectivity index (χ1v) is 25.0. The van der Waals surface area contributed by atoms with Crippen LogP contribution < -0.4 is 9.47 Å². The number of ether oxygens (including phenoxy) is 10. The van der Waals surface area contributed by atoms with E-state index in [2.05, 4.69) is 0 Å². The lowest BCUT2D eigenvalue weighted by atomic mass is 9.97. The number of aliphatic hydroxyl groups is 8. The molecule has 29 nitrogen and oxygen atoms in total. The van der Waals surface area contributed by atoms with E-state index in [9.17, 15) is 90.7 Å². The number of aliphatic carboxylic acids is 1. The van der Waals surface area contributed by atoms with Crippen molar-refractivity contribution in [1.82, 2.24) is 0 Å². The molecule has 4 aliphatic heterocycles. The van der Waals surface area contributed by atoms with Crippen molar-refractivity contribution in [2.75, 3.05) is 19.8 Å². The van der Waals surface area contributed by atoms with E-state index < -0.39 is 183 Å². The lowest BCUT2D eigenvalue weighted by Gasteiger charge is -2.46. The minimum absolute atomic E-state index is 0.0343. The zero-order valence-electron chi connectivity index (χ0n) is 42.8. The fraction of sp³-hybridized carbons (Fsp3) is 0.370. The second-order valence-corrected chi connectivity index (χ2v) is 19.1. The van der Waals surface area contributed by atoms with Crippen molar-refractivity contribution >= 4 is 42.1 Å². The monoisotopic (exact) mass is 1170 g/mol. The first kappa shape index (κ1) is 60.8. The lowest BCUT2D eigenvalue weighted by Crippen LogP contribution is -2.64. The Morgan fingerprint density at radius 2 is 1.00 bits per heavy atom. The van der Waals surface area contributed by atoms with Crippen LogP contribution in [0.25, 0.3) is 18.2 Å². The molecule has 0 spiro atoms. The Labute approximate surface area is 467 Å². The topological polar surface area (TPSA) is 464 Å². The standard InChI is InChI=1S/C54H56O29/c55-25-7-1-22(2-8-25)5-11-38(62)74-19-34-42(66)46(70)49(73)53(81-34)83-51-47(71)44(68)36(20-75-39(63)12-6-23-3-9-26(56)10-4-23)82-54(51)79-33-17-28-31(77-50(33)24-13-29(58)41(65)30(59)14-24)15-27(57)16-32(28)78-52-48(72)45(69)43(67)35(80-52)21-76-40(64)18-37(60)61/h1-17,34-36,42-59,65-73H,18-21H2,(H,60,61). The number of phenols is 6. The maximum absolute atomic E-state index is 13.0. The third-order valence-corrected chi connectivity index (χ3v) is 13.1. The Morgan fingerprint density at radius 3 is 1.53 bits per heavy atom. The number of hydrogen-bond acceptors (Lipinski definition) is 28. The minimum Gasteiger partial charge on any atom is -0.508 e. The molecule has 446 valence electrons. The van der Waals surface area contributed by atoms with E-state index in [1.807, 2.05) is 0 Å². The van der Waals surface area contributed by atoms with Gasteiger partial charge in [-0.1, -0.05) is 24.3 Å². The number of fused-ring (bicyclic) bond motifs is 1. The minimum atomic E-state index is -2.22. The van der Waals surface area contributed by atoms with Gasteiger partial charge in [-0.25, -0.2) is 9.59 Å². The van der Waals surface area contributed by atoms with Crippen LogP contribution in [-0.4, -0.2) is 212 Å². The number of benzene rings is 4. The normalized spacial score (nSPS) is 29.7. The number of carboxylic acid groups (broad SMARTS) is 1. The third-order valence-electron chi connectivity index (χ3n) is 13.1. The molecule has 0 aliphatic carbocycles. The Bertz CT molecular complexity index is 3030. The molecule has 4 aliphatic rings. The molecule has 16 atom stereocenters. The largest absolute Gasteiger partial charge is 0.508 e. The smallest absolute Gasteiger partial charge is 0.330 e. The number of aromatic hydroxyl groups is 6. The van der Waals surface area contributed by atoms with Gasteiger partial charge >= 0.3 is 23.9 Å². The highest BCUT2D eigenvalue weighted by Crippen LogP contribution is 2.48. The van der Waals surface area contributed by atoms with Crippen LogP contribution >= 0.6 is 0 Å². The van der Waals surface area contributed by atoms with Crippen LogP contribution in [-0.2, 0) is 57.1 Å². The van der Waals surface area contributed by atoms with E-state index >= 15 is 0 Å². The van der Waals surface area contributed by atoms with Gasteiger partial charge in [0.15, 0.2) is 35.7 Å². The van der Waals surface area contributed by atoms with Gasteiger partial charge in [0.05, 0.1) is 5.56 Å². The van der Waals surface area contributed by atoms with Crippen molar-refractivity contribution in [3.05, 3.63) is 113 Å². The van der Waals surface area contributed by atoms with Gasteiger partial charge in [0.25, 0.3) is 0 Å². The fourth-order valence-corrected chi connectivity index (χ4v) is 8.72. The van der Waals surface area contributed by atoms with Gasteiger partial charge in [-0.2, -0.15) is 0 Å². The molecule has 0 amide bonds. The highest BCUT2D eigenvalue weighted by Gasteiger charge is 2.53. The van der Waals surface area contributed by atoms with E-state index in [1.165, 1.54) is 60.7 Å². The molecule has 16 unspecified atom stereocenters. The Kier molecular flexibility index (Phi) is 19.3. The van der Waals surface area contributed by atoms with Crippen LogP contribution in [0.3, 0.4) is 0 Å². The molecule has 0 radical (unpaired) electrons. The predicted molar refractivity (Wildman–Crippen MR) is 271 cm³/mol. The van der Waals surface area contributed by atoms with Gasteiger partial charge in [-0.05, 0) is 65.8 Å². The molecule has 3 saturated heterocycles. The van der Waals surface area contributed by atoms with Gasteiger partial charge in [-0.15, -0.1) is 0 Å². The van der Waals surface area contributed by atoms with Gasteiger partial charge in [0, 0.05) is 29.8 Å². The maximum atomic E-state index is 13.0.